The van der Waals surface area contributed by atoms with Gasteiger partial charge in [0.15, 0.2) is 22.9 Å². The van der Waals surface area contributed by atoms with E-state index < -0.39 is 11.9 Å². The van der Waals surface area contributed by atoms with Crippen molar-refractivity contribution in [2.24, 2.45) is 0 Å². The molecular weight excluding hydrogens is 459 g/mol. The normalized spacial score (nSPS) is 24.0. The fourth-order valence-electron chi connectivity index (χ4n) is 4.38. The Balaban J connectivity index is 1.24. The number of hydrogen-bond donors (Lipinski definition) is 2. The lowest BCUT2D eigenvalue weighted by molar-refractivity contribution is 0.00794. The first-order valence-electron chi connectivity index (χ1n) is 11.0. The number of rotatable bonds is 5. The van der Waals surface area contributed by atoms with E-state index in [2.05, 4.69) is 15.0 Å². The van der Waals surface area contributed by atoms with E-state index in [4.69, 9.17) is 14.2 Å². The highest BCUT2D eigenvalue weighted by atomic mass is 32.1. The molecule has 0 spiro atoms. The molecule has 0 saturated carbocycles. The number of benzene rings is 1. The summed E-state index contributed by atoms with van der Waals surface area (Å²) in [6.45, 7) is 0.548. The van der Waals surface area contributed by atoms with Crippen LogP contribution >= 0.6 is 11.3 Å². The van der Waals surface area contributed by atoms with E-state index in [0.717, 1.165) is 16.4 Å². The number of aromatic amines is 1. The number of aliphatic hydroxyl groups excluding tert-OH is 1. The lowest BCUT2D eigenvalue weighted by Gasteiger charge is -2.16. The molecule has 1 aromatic carbocycles. The van der Waals surface area contributed by atoms with E-state index in [-0.39, 0.29) is 30.6 Å². The van der Waals surface area contributed by atoms with Gasteiger partial charge in [0.05, 0.1) is 29.9 Å². The van der Waals surface area contributed by atoms with Crippen LogP contribution in [0, 0.1) is 5.82 Å². The topological polar surface area (TPSA) is 92.7 Å². The predicted molar refractivity (Wildman–Crippen MR) is 127 cm³/mol. The van der Waals surface area contributed by atoms with Gasteiger partial charge in [0.1, 0.15) is 24.0 Å². The van der Waals surface area contributed by atoms with Crippen molar-refractivity contribution in [2.75, 3.05) is 32.2 Å². The van der Waals surface area contributed by atoms with Crippen molar-refractivity contribution >= 4 is 27.5 Å². The van der Waals surface area contributed by atoms with Crippen LogP contribution in [0.15, 0.2) is 41.8 Å². The quantitative estimate of drug-likeness (QED) is 0.450. The molecule has 6 rings (SSSR count). The number of aliphatic hydroxyl groups is 1. The van der Waals surface area contributed by atoms with Gasteiger partial charge in [0, 0.05) is 42.7 Å². The van der Waals surface area contributed by atoms with Crippen LogP contribution in [0.2, 0.25) is 0 Å². The van der Waals surface area contributed by atoms with E-state index in [9.17, 15) is 9.50 Å². The van der Waals surface area contributed by atoms with Gasteiger partial charge >= 0.3 is 0 Å². The van der Waals surface area contributed by atoms with Crippen LogP contribution in [0.5, 0.6) is 5.88 Å². The fourth-order valence-corrected chi connectivity index (χ4v) is 5.15. The first kappa shape index (κ1) is 21.5. The third-order valence-corrected chi connectivity index (χ3v) is 7.13. The summed E-state index contributed by atoms with van der Waals surface area (Å²) in [5.41, 5.74) is 3.91. The van der Waals surface area contributed by atoms with Crippen LogP contribution in [0.4, 0.5) is 9.52 Å². The Morgan fingerprint density at radius 3 is 2.62 bits per heavy atom. The maximum absolute atomic E-state index is 14.9. The Hall–Kier alpha value is -3.05. The van der Waals surface area contributed by atoms with Gasteiger partial charge in [-0.2, -0.15) is 0 Å². The number of H-pyrrole nitrogens is 1. The first-order chi connectivity index (χ1) is 16.5. The Kier molecular flexibility index (Phi) is 5.25. The molecule has 0 radical (unpaired) electrons. The van der Waals surface area contributed by atoms with Crippen molar-refractivity contribution in [1.29, 1.82) is 0 Å². The zero-order chi connectivity index (χ0) is 23.4. The van der Waals surface area contributed by atoms with Gasteiger partial charge in [0.25, 0.3) is 0 Å². The third kappa shape index (κ3) is 3.72. The summed E-state index contributed by atoms with van der Waals surface area (Å²) < 4.78 is 32.2. The molecule has 2 saturated heterocycles. The Morgan fingerprint density at radius 2 is 1.85 bits per heavy atom. The molecule has 2 N–H and O–H groups in total. The maximum Gasteiger partial charge on any atom is 0.193 e. The number of nitrogens with zero attached hydrogens (tertiary/aromatic N) is 3. The average molecular weight is 483 g/mol. The smallest absolute Gasteiger partial charge is 0.193 e. The molecule has 0 bridgehead atoms. The van der Waals surface area contributed by atoms with Gasteiger partial charge in [-0.05, 0) is 0 Å². The van der Waals surface area contributed by atoms with Gasteiger partial charge in [-0.3, -0.25) is 0 Å². The molecule has 2 fully saturated rings. The molecule has 176 valence electrons. The van der Waals surface area contributed by atoms with Crippen LogP contribution in [-0.2, 0) is 9.47 Å². The average Bonchev–Trinajstić information content (AvgIpc) is 3.60. The number of pyridine rings is 1. The Bertz CT molecular complexity index is 1340. The third-order valence-electron chi connectivity index (χ3n) is 6.12. The second-order valence-corrected chi connectivity index (χ2v) is 9.53. The number of anilines is 1. The van der Waals surface area contributed by atoms with E-state index in [1.54, 1.807) is 17.4 Å². The zero-order valence-electron chi connectivity index (χ0n) is 18.6. The van der Waals surface area contributed by atoms with Crippen LogP contribution < -0.4 is 9.64 Å². The lowest BCUT2D eigenvalue weighted by Crippen LogP contribution is -2.34. The Labute approximate surface area is 198 Å². The van der Waals surface area contributed by atoms with Crippen LogP contribution in [0.1, 0.15) is 0 Å². The van der Waals surface area contributed by atoms with Gasteiger partial charge < -0.3 is 29.2 Å². The van der Waals surface area contributed by atoms with E-state index >= 15 is 0 Å². The van der Waals surface area contributed by atoms with Gasteiger partial charge in [-0.15, -0.1) is 11.3 Å². The molecule has 2 aliphatic heterocycles. The summed E-state index contributed by atoms with van der Waals surface area (Å²) in [5, 5.41) is 12.8. The molecule has 3 aromatic heterocycles. The van der Waals surface area contributed by atoms with Gasteiger partial charge in [-0.1, -0.05) is 24.3 Å². The summed E-state index contributed by atoms with van der Waals surface area (Å²) >= 11 is 1.57. The van der Waals surface area contributed by atoms with E-state index in [1.165, 1.54) is 6.07 Å². The SMILES string of the molecule is CN(C)c1nc(-c2ccc(-c3nc4cc(O[C@@H]5COC6C5OC[C@H]6O)[nH]c4cc3F)cc2)cs1. The number of fused-ring (bicyclic) bond motifs is 2. The zero-order valence-corrected chi connectivity index (χ0v) is 19.4. The summed E-state index contributed by atoms with van der Waals surface area (Å²) in [5.74, 6) is 0.0255. The second-order valence-electron chi connectivity index (χ2n) is 8.69. The van der Waals surface area contributed by atoms with Crippen molar-refractivity contribution in [2.45, 2.75) is 24.4 Å². The monoisotopic (exact) mass is 482 g/mol. The molecule has 34 heavy (non-hydrogen) atoms. The number of hydrogen-bond acceptors (Lipinski definition) is 8. The minimum atomic E-state index is -0.642. The van der Waals surface area contributed by atoms with Gasteiger partial charge in [-0.25, -0.2) is 14.4 Å². The van der Waals surface area contributed by atoms with Crippen LogP contribution in [-0.4, -0.2) is 71.8 Å². The molecule has 10 heteroatoms. The lowest BCUT2D eigenvalue weighted by atomic mass is 10.1. The molecule has 5 heterocycles. The van der Waals surface area contributed by atoms with Crippen molar-refractivity contribution < 1.29 is 23.7 Å². The molecule has 0 amide bonds. The summed E-state index contributed by atoms with van der Waals surface area (Å²) in [7, 11) is 3.91. The fraction of sp³-hybridized carbons (Fsp3) is 0.333. The minimum Gasteiger partial charge on any atom is -0.470 e. The number of ether oxygens (including phenoxy) is 3. The molecule has 2 unspecified atom stereocenters. The molecule has 4 aromatic rings. The number of nitrogens with one attached hydrogen (secondary N) is 1. The van der Waals surface area contributed by atoms with Crippen molar-refractivity contribution in [3.8, 4) is 28.4 Å². The van der Waals surface area contributed by atoms with Crippen molar-refractivity contribution in [3.05, 3.63) is 47.6 Å². The van der Waals surface area contributed by atoms with Gasteiger partial charge in [0.2, 0.25) is 0 Å². The highest BCUT2D eigenvalue weighted by Gasteiger charge is 2.48. The van der Waals surface area contributed by atoms with Crippen LogP contribution in [0.3, 0.4) is 0 Å². The van der Waals surface area contributed by atoms with E-state index in [0.29, 0.717) is 29.1 Å². The van der Waals surface area contributed by atoms with Crippen LogP contribution in [0.25, 0.3) is 33.5 Å². The second kappa shape index (κ2) is 8.31. The first-order valence-corrected chi connectivity index (χ1v) is 11.8. The Morgan fingerprint density at radius 1 is 1.09 bits per heavy atom. The molecule has 0 aliphatic carbocycles. The van der Waals surface area contributed by atoms with Crippen molar-refractivity contribution in [1.82, 2.24) is 15.0 Å². The highest BCUT2D eigenvalue weighted by molar-refractivity contribution is 7.14. The number of thiazole rings is 1. The van der Waals surface area contributed by atoms with Crippen molar-refractivity contribution in [3.63, 3.8) is 0 Å². The predicted octanol–water partition coefficient (Wildman–Crippen LogP) is 3.46. The highest BCUT2D eigenvalue weighted by Crippen LogP contribution is 2.33. The standard InChI is InChI=1S/C24H23FN4O4S/c1-29(2)24-28-17(11-34-24)12-3-5-13(6-4-12)21-14(25)7-15-16(27-21)8-20(26-15)33-19-10-32-22-18(30)9-31-23(19)22/h3-8,11,18-19,22-23,26,30H,9-10H2,1-2H3/t18-,19-,22?,23?/m1/s1. The number of aromatic nitrogens is 3. The summed E-state index contributed by atoms with van der Waals surface area (Å²) in [6.07, 6.45) is -1.70. The summed E-state index contributed by atoms with van der Waals surface area (Å²) in [6, 6.07) is 10.7. The molecular formula is C24H23FN4O4S. The molecule has 4 atom stereocenters. The molecule has 8 nitrogen and oxygen atoms in total. The minimum absolute atomic E-state index is 0.232. The number of halogens is 1. The largest absolute Gasteiger partial charge is 0.470 e. The molecule has 2 aliphatic rings. The summed E-state index contributed by atoms with van der Waals surface area (Å²) in [4.78, 5) is 14.2. The van der Waals surface area contributed by atoms with E-state index in [1.807, 2.05) is 48.6 Å². The maximum atomic E-state index is 14.9.